The monoisotopic (exact) mass is 816 g/mol. The molecule has 0 fully saturated rings. The lowest BCUT2D eigenvalue weighted by atomic mass is 9.65. The van der Waals surface area contributed by atoms with Gasteiger partial charge in [-0.15, -0.1) is 25.7 Å². The molecular weight excluding hydrogens is 781 g/mol. The zero-order valence-corrected chi connectivity index (χ0v) is 35.3. The molecule has 0 aromatic heterocycles. The highest BCUT2D eigenvalue weighted by Crippen LogP contribution is 2.45. The lowest BCUT2D eigenvalue weighted by molar-refractivity contribution is 0.744. The fourth-order valence-corrected chi connectivity index (χ4v) is 7.54. The van der Waals surface area contributed by atoms with E-state index in [-0.39, 0.29) is 0 Å². The Balaban J connectivity index is 1.27. The molecule has 0 aliphatic carbocycles. The average molecular weight is 817 g/mol. The van der Waals surface area contributed by atoms with Gasteiger partial charge >= 0.3 is 0 Å². The maximum atomic E-state index is 5.66. The summed E-state index contributed by atoms with van der Waals surface area (Å²) < 4.78 is 0. The third-order valence-electron chi connectivity index (χ3n) is 10.8. The van der Waals surface area contributed by atoms with E-state index in [4.69, 9.17) is 25.7 Å². The normalized spacial score (nSPS) is 9.91. The molecule has 0 radical (unpaired) electrons. The van der Waals surface area contributed by atoms with Crippen LogP contribution in [0.3, 0.4) is 0 Å². The largest absolute Gasteiger partial charge is 0.115 e. The lowest BCUT2D eigenvalue weighted by Crippen LogP contribution is -2.31. The summed E-state index contributed by atoms with van der Waals surface area (Å²) in [5, 5.41) is 0. The van der Waals surface area contributed by atoms with Gasteiger partial charge in [0.05, 0.1) is 5.41 Å². The van der Waals surface area contributed by atoms with Gasteiger partial charge in [-0.2, -0.15) is 0 Å². The molecule has 0 N–H and O–H groups in total. The first-order valence-electron chi connectivity index (χ1n) is 20.7. The highest BCUT2D eigenvalue weighted by Gasteiger charge is 2.38. The standard InChI is InChI=1S/C65H36/c1-5-49-13-9-17-57(45-49)25-21-53-29-37-61(38-30-53)65(62-39-31-54(32-40-62)22-26-58-18-10-14-50(6-2)46-58,63-41-33-55(34-42-63)23-27-59-19-11-15-51(7-3)47-59)64-43-35-56(36-44-64)24-28-60-20-12-16-52(8-4)48-60/h1-4,9-20,29-48H. The first-order valence-corrected chi connectivity index (χ1v) is 20.7. The second kappa shape index (κ2) is 19.7. The van der Waals surface area contributed by atoms with Crippen LogP contribution in [-0.2, 0) is 5.41 Å². The van der Waals surface area contributed by atoms with Crippen molar-refractivity contribution in [1.82, 2.24) is 0 Å². The molecular formula is C65H36. The first kappa shape index (κ1) is 42.0. The maximum absolute atomic E-state index is 5.66. The van der Waals surface area contributed by atoms with E-state index >= 15 is 0 Å². The van der Waals surface area contributed by atoms with Gasteiger partial charge in [-0.3, -0.25) is 0 Å². The van der Waals surface area contributed by atoms with Gasteiger partial charge in [0.2, 0.25) is 0 Å². The van der Waals surface area contributed by atoms with Crippen LogP contribution >= 0.6 is 0 Å². The van der Waals surface area contributed by atoms with E-state index in [0.717, 1.165) is 89.0 Å². The van der Waals surface area contributed by atoms with Gasteiger partial charge in [-0.1, -0.05) is 144 Å². The van der Waals surface area contributed by atoms with Gasteiger partial charge in [0, 0.05) is 66.8 Å². The molecule has 0 aliphatic rings. The predicted octanol–water partition coefficient (Wildman–Crippen LogP) is 11.6. The summed E-state index contributed by atoms with van der Waals surface area (Å²) in [5.41, 5.74) is 13.4. The molecule has 0 atom stereocenters. The zero-order chi connectivity index (χ0) is 44.9. The first-order chi connectivity index (χ1) is 31.9. The summed E-state index contributed by atoms with van der Waals surface area (Å²) in [4.78, 5) is 0. The summed E-state index contributed by atoms with van der Waals surface area (Å²) in [6.07, 6.45) is 22.7. The Kier molecular flexibility index (Phi) is 12.7. The van der Waals surface area contributed by atoms with Crippen molar-refractivity contribution in [2.45, 2.75) is 5.41 Å². The summed E-state index contributed by atoms with van der Waals surface area (Å²) >= 11 is 0. The molecule has 65 heavy (non-hydrogen) atoms. The third-order valence-corrected chi connectivity index (χ3v) is 10.8. The van der Waals surface area contributed by atoms with Crippen molar-refractivity contribution in [3.63, 3.8) is 0 Å². The van der Waals surface area contributed by atoms with Crippen LogP contribution in [0.2, 0.25) is 0 Å². The number of benzene rings is 8. The second-order valence-electron chi connectivity index (χ2n) is 15.0. The minimum absolute atomic E-state index is 0.789. The minimum atomic E-state index is -0.805. The highest BCUT2D eigenvalue weighted by molar-refractivity contribution is 5.63. The van der Waals surface area contributed by atoms with E-state index in [0.29, 0.717) is 0 Å². The van der Waals surface area contributed by atoms with Crippen molar-refractivity contribution in [2.24, 2.45) is 0 Å². The molecule has 0 saturated heterocycles. The van der Waals surface area contributed by atoms with Gasteiger partial charge in [-0.05, 0) is 144 Å². The average Bonchev–Trinajstić information content (AvgIpc) is 3.38. The van der Waals surface area contributed by atoms with Crippen LogP contribution in [0.5, 0.6) is 0 Å². The molecule has 0 spiro atoms. The summed E-state index contributed by atoms with van der Waals surface area (Å²) in [7, 11) is 0. The van der Waals surface area contributed by atoms with Crippen molar-refractivity contribution in [3.8, 4) is 96.7 Å². The van der Waals surface area contributed by atoms with E-state index in [1.54, 1.807) is 0 Å². The molecule has 8 aromatic rings. The Morgan fingerprint density at radius 1 is 0.215 bits per heavy atom. The third kappa shape index (κ3) is 9.91. The Morgan fingerprint density at radius 2 is 0.400 bits per heavy atom. The number of terminal acetylenes is 4. The number of rotatable bonds is 4. The Morgan fingerprint density at radius 3 is 0.600 bits per heavy atom. The molecule has 0 amide bonds. The van der Waals surface area contributed by atoms with E-state index in [1.807, 2.05) is 97.1 Å². The van der Waals surface area contributed by atoms with Gasteiger partial charge in [0.25, 0.3) is 0 Å². The second-order valence-corrected chi connectivity index (χ2v) is 15.0. The molecule has 296 valence electrons. The van der Waals surface area contributed by atoms with E-state index in [9.17, 15) is 0 Å². The van der Waals surface area contributed by atoms with Crippen LogP contribution in [0.1, 0.15) is 89.0 Å². The Labute approximate surface area is 383 Å². The van der Waals surface area contributed by atoms with Gasteiger partial charge in [0.15, 0.2) is 0 Å². The predicted molar refractivity (Wildman–Crippen MR) is 266 cm³/mol. The van der Waals surface area contributed by atoms with Gasteiger partial charge < -0.3 is 0 Å². The minimum Gasteiger partial charge on any atom is -0.115 e. The quantitative estimate of drug-likeness (QED) is 0.123. The molecule has 8 aromatic carbocycles. The molecule has 0 unspecified atom stereocenters. The van der Waals surface area contributed by atoms with E-state index in [1.165, 1.54) is 0 Å². The molecule has 0 bridgehead atoms. The van der Waals surface area contributed by atoms with Crippen molar-refractivity contribution >= 4 is 0 Å². The summed E-state index contributed by atoms with van der Waals surface area (Å²) in [6, 6.07) is 64.6. The Hall–Kier alpha value is -9.76. The number of hydrogen-bond donors (Lipinski definition) is 0. The molecule has 8 rings (SSSR count). The molecule has 0 saturated carbocycles. The van der Waals surface area contributed by atoms with Crippen LogP contribution < -0.4 is 0 Å². The van der Waals surface area contributed by atoms with Crippen molar-refractivity contribution in [3.05, 3.63) is 283 Å². The lowest BCUT2D eigenvalue weighted by Gasteiger charge is -2.37. The zero-order valence-electron chi connectivity index (χ0n) is 35.3. The summed E-state index contributed by atoms with van der Waals surface area (Å²) in [5.74, 6) is 37.3. The van der Waals surface area contributed by atoms with E-state index in [2.05, 4.69) is 168 Å². The van der Waals surface area contributed by atoms with Crippen LogP contribution in [0.15, 0.2) is 194 Å². The molecule has 0 heterocycles. The smallest absolute Gasteiger partial charge is 0.0701 e. The fourth-order valence-electron chi connectivity index (χ4n) is 7.54. The van der Waals surface area contributed by atoms with Crippen molar-refractivity contribution < 1.29 is 0 Å². The van der Waals surface area contributed by atoms with Crippen LogP contribution in [0.25, 0.3) is 0 Å². The van der Waals surface area contributed by atoms with Crippen molar-refractivity contribution in [1.29, 1.82) is 0 Å². The molecule has 0 aliphatic heterocycles. The van der Waals surface area contributed by atoms with Crippen LogP contribution in [0.4, 0.5) is 0 Å². The topological polar surface area (TPSA) is 0 Å². The van der Waals surface area contributed by atoms with Crippen LogP contribution in [-0.4, -0.2) is 0 Å². The van der Waals surface area contributed by atoms with Gasteiger partial charge in [-0.25, -0.2) is 0 Å². The SMILES string of the molecule is C#Cc1cccc(C#Cc2ccc(C(c3ccc(C#Cc4cccc(C#C)c4)cc3)(c3ccc(C#Cc4cccc(C#C)c4)cc3)c3ccc(C#Cc4cccc(C#C)c4)cc3)cc2)c1. The molecule has 0 nitrogen and oxygen atoms in total. The summed E-state index contributed by atoms with van der Waals surface area (Å²) in [6.45, 7) is 0. The molecule has 0 heteroatoms. The van der Waals surface area contributed by atoms with Gasteiger partial charge in [0.1, 0.15) is 0 Å². The van der Waals surface area contributed by atoms with E-state index < -0.39 is 5.41 Å². The van der Waals surface area contributed by atoms with Crippen molar-refractivity contribution in [2.75, 3.05) is 0 Å². The van der Waals surface area contributed by atoms with Crippen LogP contribution in [0, 0.1) is 96.7 Å². The Bertz CT molecular complexity index is 3020. The fraction of sp³-hybridized carbons (Fsp3) is 0.0154. The number of hydrogen-bond acceptors (Lipinski definition) is 0. The highest BCUT2D eigenvalue weighted by atomic mass is 14.4. The maximum Gasteiger partial charge on any atom is 0.0701 e.